The maximum atomic E-state index is 13.6. The molecule has 0 bridgehead atoms. The SMILES string of the molecule is Cc1ccc(C)c2[nH]c(=O)c([C@H](c3nnnn3C3CCCC3)N3CCc4ccccc43)cc12. The third-order valence-electron chi connectivity index (χ3n) is 7.44. The molecule has 7 nitrogen and oxygen atoms in total. The van der Waals surface area contributed by atoms with E-state index in [1.54, 1.807) is 0 Å². The molecule has 2 aromatic carbocycles. The van der Waals surface area contributed by atoms with Gasteiger partial charge in [-0.25, -0.2) is 4.68 Å². The van der Waals surface area contributed by atoms with Crippen molar-refractivity contribution in [3.8, 4) is 0 Å². The highest BCUT2D eigenvalue weighted by Gasteiger charge is 2.36. The number of tetrazole rings is 1. The number of hydrogen-bond acceptors (Lipinski definition) is 5. The lowest BCUT2D eigenvalue weighted by Crippen LogP contribution is -2.34. The van der Waals surface area contributed by atoms with Gasteiger partial charge in [0.25, 0.3) is 5.56 Å². The number of aryl methyl sites for hydroxylation is 2. The van der Waals surface area contributed by atoms with Gasteiger partial charge in [0.1, 0.15) is 6.04 Å². The highest BCUT2D eigenvalue weighted by atomic mass is 16.1. The standard InChI is InChI=1S/C26H28N6O/c1-16-11-12-17(2)23-20(16)15-21(26(33)27-23)24(31-14-13-18-7-3-6-10-22(18)31)25-28-29-30-32(25)19-8-4-5-9-19/h3,6-7,10-12,15,19,24H,4-5,8-9,13-14H2,1-2H3,(H,27,33)/t24-/m1/s1. The summed E-state index contributed by atoms with van der Waals surface area (Å²) in [5.41, 5.74) is 6.19. The molecular weight excluding hydrogens is 412 g/mol. The van der Waals surface area contributed by atoms with Crippen LogP contribution in [-0.4, -0.2) is 31.7 Å². The van der Waals surface area contributed by atoms with Gasteiger partial charge >= 0.3 is 0 Å². The van der Waals surface area contributed by atoms with Gasteiger partial charge in [-0.1, -0.05) is 43.2 Å². The number of hydrogen-bond donors (Lipinski definition) is 1. The first-order valence-electron chi connectivity index (χ1n) is 11.9. The Hall–Kier alpha value is -3.48. The van der Waals surface area contributed by atoms with E-state index in [1.807, 2.05) is 11.6 Å². The van der Waals surface area contributed by atoms with Crippen LogP contribution in [0.15, 0.2) is 47.3 Å². The molecule has 4 aromatic rings. The van der Waals surface area contributed by atoms with Crippen LogP contribution < -0.4 is 10.5 Å². The summed E-state index contributed by atoms with van der Waals surface area (Å²) in [6.45, 7) is 4.95. The van der Waals surface area contributed by atoms with Crippen LogP contribution in [0.4, 0.5) is 5.69 Å². The van der Waals surface area contributed by atoms with E-state index in [-0.39, 0.29) is 11.6 Å². The van der Waals surface area contributed by atoms with Crippen LogP contribution in [0.1, 0.15) is 65.8 Å². The number of fused-ring (bicyclic) bond motifs is 2. The van der Waals surface area contributed by atoms with Crippen molar-refractivity contribution in [3.63, 3.8) is 0 Å². The molecule has 1 atom stereocenters. The van der Waals surface area contributed by atoms with Crippen molar-refractivity contribution in [3.05, 3.63) is 80.9 Å². The number of nitrogens with zero attached hydrogens (tertiary/aromatic N) is 5. The van der Waals surface area contributed by atoms with E-state index in [1.165, 1.54) is 18.4 Å². The van der Waals surface area contributed by atoms with Gasteiger partial charge in [0.2, 0.25) is 0 Å². The molecule has 7 heteroatoms. The van der Waals surface area contributed by atoms with Crippen LogP contribution in [0.2, 0.25) is 0 Å². The van der Waals surface area contributed by atoms with E-state index < -0.39 is 0 Å². The van der Waals surface area contributed by atoms with E-state index in [9.17, 15) is 4.79 Å². The van der Waals surface area contributed by atoms with E-state index >= 15 is 0 Å². The van der Waals surface area contributed by atoms with E-state index in [0.29, 0.717) is 11.6 Å². The smallest absolute Gasteiger partial charge is 0.254 e. The van der Waals surface area contributed by atoms with E-state index in [4.69, 9.17) is 0 Å². The number of nitrogens with one attached hydrogen (secondary N) is 1. The first-order valence-corrected chi connectivity index (χ1v) is 11.9. The van der Waals surface area contributed by atoms with Crippen molar-refractivity contribution in [2.45, 2.75) is 58.0 Å². The van der Waals surface area contributed by atoms with Crippen LogP contribution in [0.25, 0.3) is 10.9 Å². The molecule has 0 saturated heterocycles. The maximum Gasteiger partial charge on any atom is 0.254 e. The Kier molecular flexibility index (Phi) is 4.78. The third-order valence-corrected chi connectivity index (χ3v) is 7.44. The summed E-state index contributed by atoms with van der Waals surface area (Å²) in [5, 5.41) is 14.1. The molecule has 2 aliphatic rings. The maximum absolute atomic E-state index is 13.6. The lowest BCUT2D eigenvalue weighted by molar-refractivity contribution is 0.428. The summed E-state index contributed by atoms with van der Waals surface area (Å²) >= 11 is 0. The Balaban J connectivity index is 1.58. The molecule has 33 heavy (non-hydrogen) atoms. The monoisotopic (exact) mass is 440 g/mol. The number of H-pyrrole nitrogens is 1. The minimum Gasteiger partial charge on any atom is -0.357 e. The Morgan fingerprint density at radius 1 is 1.06 bits per heavy atom. The molecule has 1 aliphatic heterocycles. The molecule has 1 aliphatic carbocycles. The molecule has 1 fully saturated rings. The molecule has 3 heterocycles. The zero-order valence-corrected chi connectivity index (χ0v) is 19.1. The summed E-state index contributed by atoms with van der Waals surface area (Å²) < 4.78 is 1.99. The molecule has 1 saturated carbocycles. The first-order chi connectivity index (χ1) is 16.1. The van der Waals surface area contributed by atoms with Crippen molar-refractivity contribution in [1.82, 2.24) is 25.2 Å². The van der Waals surface area contributed by atoms with Crippen LogP contribution in [0, 0.1) is 13.8 Å². The number of aromatic nitrogens is 5. The van der Waals surface area contributed by atoms with Crippen LogP contribution >= 0.6 is 0 Å². The van der Waals surface area contributed by atoms with Crippen LogP contribution in [0.5, 0.6) is 0 Å². The topological polar surface area (TPSA) is 79.7 Å². The molecular formula is C26H28N6O. The summed E-state index contributed by atoms with van der Waals surface area (Å²) in [6, 6.07) is 14.6. The average Bonchev–Trinajstić information content (AvgIpc) is 3.58. The van der Waals surface area contributed by atoms with Gasteiger partial charge in [-0.15, -0.1) is 5.10 Å². The minimum atomic E-state index is -0.350. The van der Waals surface area contributed by atoms with Crippen LogP contribution in [0.3, 0.4) is 0 Å². The predicted octanol–water partition coefficient (Wildman–Crippen LogP) is 4.40. The van der Waals surface area contributed by atoms with Gasteiger partial charge in [0, 0.05) is 23.2 Å². The molecule has 0 amide bonds. The lowest BCUT2D eigenvalue weighted by Gasteiger charge is -2.30. The second-order valence-electron chi connectivity index (χ2n) is 9.44. The van der Waals surface area contributed by atoms with Crippen molar-refractivity contribution in [2.24, 2.45) is 0 Å². The van der Waals surface area contributed by atoms with Gasteiger partial charge in [-0.3, -0.25) is 4.79 Å². The normalized spacial score (nSPS) is 17.1. The van der Waals surface area contributed by atoms with Gasteiger partial charge in [0.05, 0.1) is 11.6 Å². The van der Waals surface area contributed by atoms with Crippen molar-refractivity contribution < 1.29 is 0 Å². The molecule has 1 N–H and O–H groups in total. The van der Waals surface area contributed by atoms with E-state index in [0.717, 1.165) is 59.3 Å². The van der Waals surface area contributed by atoms with Crippen molar-refractivity contribution in [1.29, 1.82) is 0 Å². The molecule has 2 aromatic heterocycles. The summed E-state index contributed by atoms with van der Waals surface area (Å²) in [6.07, 6.45) is 5.48. The van der Waals surface area contributed by atoms with Crippen molar-refractivity contribution in [2.75, 3.05) is 11.4 Å². The summed E-state index contributed by atoms with van der Waals surface area (Å²) in [4.78, 5) is 19.1. The zero-order valence-electron chi connectivity index (χ0n) is 19.1. The number of anilines is 1. The number of aromatic amines is 1. The van der Waals surface area contributed by atoms with E-state index in [2.05, 4.69) is 74.8 Å². The Morgan fingerprint density at radius 2 is 1.85 bits per heavy atom. The van der Waals surface area contributed by atoms with Crippen LogP contribution in [-0.2, 0) is 6.42 Å². The van der Waals surface area contributed by atoms with Gasteiger partial charge in [-0.05, 0) is 72.4 Å². The third kappa shape index (κ3) is 3.25. The van der Waals surface area contributed by atoms with Gasteiger partial charge in [-0.2, -0.15) is 0 Å². The Morgan fingerprint density at radius 3 is 2.70 bits per heavy atom. The number of pyridine rings is 1. The summed E-state index contributed by atoms with van der Waals surface area (Å²) in [5.74, 6) is 0.758. The quantitative estimate of drug-likeness (QED) is 0.509. The molecule has 6 rings (SSSR count). The zero-order chi connectivity index (χ0) is 22.5. The first kappa shape index (κ1) is 20.1. The molecule has 0 spiro atoms. The Bertz CT molecular complexity index is 1400. The average molecular weight is 441 g/mol. The molecule has 0 unspecified atom stereocenters. The lowest BCUT2D eigenvalue weighted by atomic mass is 9.99. The predicted molar refractivity (Wildman–Crippen MR) is 129 cm³/mol. The summed E-state index contributed by atoms with van der Waals surface area (Å²) in [7, 11) is 0. The molecule has 168 valence electrons. The second-order valence-corrected chi connectivity index (χ2v) is 9.44. The second kappa shape index (κ2) is 7.83. The fraction of sp³-hybridized carbons (Fsp3) is 0.385. The number of benzene rings is 2. The number of rotatable bonds is 4. The largest absolute Gasteiger partial charge is 0.357 e. The van der Waals surface area contributed by atoms with Gasteiger partial charge in [0.15, 0.2) is 5.82 Å². The number of para-hydroxylation sites is 1. The Labute approximate surface area is 192 Å². The highest BCUT2D eigenvalue weighted by molar-refractivity contribution is 5.85. The minimum absolute atomic E-state index is 0.0773. The fourth-order valence-corrected chi connectivity index (χ4v) is 5.66. The fourth-order valence-electron chi connectivity index (χ4n) is 5.66. The molecule has 0 radical (unpaired) electrons. The highest BCUT2D eigenvalue weighted by Crippen LogP contribution is 2.39. The van der Waals surface area contributed by atoms with Gasteiger partial charge < -0.3 is 9.88 Å². The van der Waals surface area contributed by atoms with Crippen molar-refractivity contribution >= 4 is 16.6 Å².